The molecule has 0 saturated carbocycles. The van der Waals surface area contributed by atoms with E-state index in [-0.39, 0.29) is 5.92 Å². The lowest BCUT2D eigenvalue weighted by Crippen LogP contribution is -2.46. The van der Waals surface area contributed by atoms with Gasteiger partial charge in [0.2, 0.25) is 0 Å². The van der Waals surface area contributed by atoms with Gasteiger partial charge in [-0.15, -0.1) is 0 Å². The van der Waals surface area contributed by atoms with E-state index in [0.29, 0.717) is 5.69 Å². The maximum Gasteiger partial charge on any atom is 0.326 e. The number of carbonyl (C=O) groups excluding carboxylic acids is 1. The number of carboxylic acids is 1. The molecule has 0 unspecified atom stereocenters. The molecule has 0 bridgehead atoms. The zero-order valence-corrected chi connectivity index (χ0v) is 11.7. The molecule has 0 aliphatic heterocycles. The molecule has 1 aromatic rings. The number of carbonyl (C=O) groups is 2. The quantitative estimate of drug-likeness (QED) is 0.782. The van der Waals surface area contributed by atoms with Crippen molar-refractivity contribution in [3.8, 4) is 0 Å². The third kappa shape index (κ3) is 4.28. The molecule has 0 aromatic heterocycles. The van der Waals surface area contributed by atoms with E-state index in [1.165, 1.54) is 0 Å². The molecule has 1 rings (SSSR count). The van der Waals surface area contributed by atoms with Crippen LogP contribution < -0.4 is 10.6 Å². The first kappa shape index (κ1) is 15.0. The molecule has 0 aliphatic carbocycles. The summed E-state index contributed by atoms with van der Waals surface area (Å²) >= 11 is 0. The number of aliphatic carboxylic acids is 1. The van der Waals surface area contributed by atoms with Gasteiger partial charge in [-0.3, -0.25) is 0 Å². The lowest BCUT2D eigenvalue weighted by Gasteiger charge is -2.18. The van der Waals surface area contributed by atoms with Crippen molar-refractivity contribution in [3.63, 3.8) is 0 Å². The zero-order valence-electron chi connectivity index (χ0n) is 11.7. The maximum atomic E-state index is 11.8. The normalized spacial score (nSPS) is 12.1. The fraction of sp³-hybridized carbons (Fsp3) is 0.429. The smallest absolute Gasteiger partial charge is 0.326 e. The van der Waals surface area contributed by atoms with Crippen LogP contribution in [0.5, 0.6) is 0 Å². The molecule has 5 nitrogen and oxygen atoms in total. The Balaban J connectivity index is 2.72. The SMILES string of the molecule is Cc1ccc(NC(=O)N[C@@H](C(=O)O)C(C)C)c(C)c1. The minimum atomic E-state index is -1.04. The number of nitrogens with one attached hydrogen (secondary N) is 2. The van der Waals surface area contributed by atoms with E-state index in [1.807, 2.05) is 26.0 Å². The van der Waals surface area contributed by atoms with Crippen LogP contribution in [-0.4, -0.2) is 23.1 Å². The van der Waals surface area contributed by atoms with Crippen molar-refractivity contribution in [1.82, 2.24) is 5.32 Å². The number of amides is 2. The van der Waals surface area contributed by atoms with E-state index in [4.69, 9.17) is 5.11 Å². The molecule has 5 heteroatoms. The fourth-order valence-electron chi connectivity index (χ4n) is 1.77. The van der Waals surface area contributed by atoms with Gasteiger partial charge in [0.1, 0.15) is 6.04 Å². The van der Waals surface area contributed by atoms with Crippen LogP contribution in [0.4, 0.5) is 10.5 Å². The number of rotatable bonds is 4. The van der Waals surface area contributed by atoms with Gasteiger partial charge in [0.15, 0.2) is 0 Å². The summed E-state index contributed by atoms with van der Waals surface area (Å²) in [5.41, 5.74) is 2.72. The Bertz CT molecular complexity index is 484. The van der Waals surface area contributed by atoms with Gasteiger partial charge in [-0.05, 0) is 31.4 Å². The molecule has 19 heavy (non-hydrogen) atoms. The van der Waals surface area contributed by atoms with Gasteiger partial charge in [0.05, 0.1) is 0 Å². The van der Waals surface area contributed by atoms with Crippen molar-refractivity contribution < 1.29 is 14.7 Å². The van der Waals surface area contributed by atoms with E-state index in [0.717, 1.165) is 11.1 Å². The van der Waals surface area contributed by atoms with Crippen molar-refractivity contribution in [2.24, 2.45) is 5.92 Å². The highest BCUT2D eigenvalue weighted by Crippen LogP contribution is 2.15. The van der Waals surface area contributed by atoms with Gasteiger partial charge in [-0.2, -0.15) is 0 Å². The number of hydrogen-bond acceptors (Lipinski definition) is 2. The summed E-state index contributed by atoms with van der Waals surface area (Å²) in [5.74, 6) is -1.21. The second-order valence-electron chi connectivity index (χ2n) is 4.98. The van der Waals surface area contributed by atoms with Crippen molar-refractivity contribution in [1.29, 1.82) is 0 Å². The summed E-state index contributed by atoms with van der Waals surface area (Å²) in [7, 11) is 0. The van der Waals surface area contributed by atoms with Gasteiger partial charge >= 0.3 is 12.0 Å². The Morgan fingerprint density at radius 2 is 1.84 bits per heavy atom. The Hall–Kier alpha value is -2.04. The monoisotopic (exact) mass is 264 g/mol. The van der Waals surface area contributed by atoms with Gasteiger partial charge in [-0.25, -0.2) is 9.59 Å². The molecule has 0 aliphatic rings. The van der Waals surface area contributed by atoms with Gasteiger partial charge in [0, 0.05) is 5.69 Å². The number of carboxylic acid groups (broad SMARTS) is 1. The second kappa shape index (κ2) is 6.22. The summed E-state index contributed by atoms with van der Waals surface area (Å²) in [6.45, 7) is 7.35. The summed E-state index contributed by atoms with van der Waals surface area (Å²) in [6, 6.07) is 4.24. The van der Waals surface area contributed by atoms with Gasteiger partial charge in [0.25, 0.3) is 0 Å². The standard InChI is InChI=1S/C14H20N2O3/c1-8(2)12(13(17)18)16-14(19)15-11-6-5-9(3)7-10(11)4/h5-8,12H,1-4H3,(H,17,18)(H2,15,16,19)/t12-/m1/s1. The molecule has 1 atom stereocenters. The Labute approximate surface area is 113 Å². The number of urea groups is 1. The highest BCUT2D eigenvalue weighted by Gasteiger charge is 2.23. The molecule has 1 aromatic carbocycles. The molecule has 0 fully saturated rings. The molecular weight excluding hydrogens is 244 g/mol. The third-order valence-corrected chi connectivity index (χ3v) is 2.85. The minimum absolute atomic E-state index is 0.178. The number of aryl methyl sites for hydroxylation is 2. The second-order valence-corrected chi connectivity index (χ2v) is 4.98. The molecule has 0 radical (unpaired) electrons. The van der Waals surface area contributed by atoms with E-state index in [9.17, 15) is 9.59 Å². The van der Waals surface area contributed by atoms with Crippen LogP contribution in [0, 0.1) is 19.8 Å². The van der Waals surface area contributed by atoms with E-state index in [2.05, 4.69) is 10.6 Å². The van der Waals surface area contributed by atoms with Crippen LogP contribution in [0.25, 0.3) is 0 Å². The van der Waals surface area contributed by atoms with Gasteiger partial charge < -0.3 is 15.7 Å². The molecule has 0 heterocycles. The first-order chi connectivity index (χ1) is 8.81. The van der Waals surface area contributed by atoms with E-state index >= 15 is 0 Å². The Morgan fingerprint density at radius 1 is 1.21 bits per heavy atom. The lowest BCUT2D eigenvalue weighted by molar-refractivity contribution is -0.140. The first-order valence-electron chi connectivity index (χ1n) is 6.19. The van der Waals surface area contributed by atoms with Crippen LogP contribution in [0.3, 0.4) is 0 Å². The zero-order chi connectivity index (χ0) is 14.6. The lowest BCUT2D eigenvalue weighted by atomic mass is 10.1. The number of benzene rings is 1. The summed E-state index contributed by atoms with van der Waals surface area (Å²) in [6.07, 6.45) is 0. The average Bonchev–Trinajstić information content (AvgIpc) is 2.29. The van der Waals surface area contributed by atoms with E-state index < -0.39 is 18.0 Å². The minimum Gasteiger partial charge on any atom is -0.480 e. The predicted octanol–water partition coefficient (Wildman–Crippen LogP) is 2.53. The van der Waals surface area contributed by atoms with Crippen molar-refractivity contribution in [3.05, 3.63) is 29.3 Å². The van der Waals surface area contributed by atoms with Crippen LogP contribution in [-0.2, 0) is 4.79 Å². The molecular formula is C14H20N2O3. The molecule has 2 amide bonds. The number of anilines is 1. The summed E-state index contributed by atoms with van der Waals surface area (Å²) in [4.78, 5) is 22.8. The highest BCUT2D eigenvalue weighted by molar-refractivity contribution is 5.92. The maximum absolute atomic E-state index is 11.8. The largest absolute Gasteiger partial charge is 0.480 e. The van der Waals surface area contributed by atoms with Crippen LogP contribution in [0.2, 0.25) is 0 Å². The molecule has 0 spiro atoms. The van der Waals surface area contributed by atoms with E-state index in [1.54, 1.807) is 19.9 Å². The van der Waals surface area contributed by atoms with Crippen LogP contribution in [0.15, 0.2) is 18.2 Å². The predicted molar refractivity (Wildman–Crippen MR) is 74.3 cm³/mol. The molecule has 104 valence electrons. The highest BCUT2D eigenvalue weighted by atomic mass is 16.4. The first-order valence-corrected chi connectivity index (χ1v) is 6.19. The molecule has 3 N–H and O–H groups in total. The summed E-state index contributed by atoms with van der Waals surface area (Å²) in [5, 5.41) is 14.1. The van der Waals surface area contributed by atoms with Crippen molar-refractivity contribution in [2.45, 2.75) is 33.7 Å². The fourth-order valence-corrected chi connectivity index (χ4v) is 1.77. The van der Waals surface area contributed by atoms with Crippen LogP contribution >= 0.6 is 0 Å². The average molecular weight is 264 g/mol. The topological polar surface area (TPSA) is 78.4 Å². The Kier molecular flexibility index (Phi) is 4.92. The van der Waals surface area contributed by atoms with Crippen molar-refractivity contribution in [2.75, 3.05) is 5.32 Å². The molecule has 0 saturated heterocycles. The van der Waals surface area contributed by atoms with Crippen molar-refractivity contribution >= 4 is 17.7 Å². The third-order valence-electron chi connectivity index (χ3n) is 2.85. The number of hydrogen-bond donors (Lipinski definition) is 3. The summed E-state index contributed by atoms with van der Waals surface area (Å²) < 4.78 is 0. The van der Waals surface area contributed by atoms with Gasteiger partial charge in [-0.1, -0.05) is 31.5 Å². The Morgan fingerprint density at radius 3 is 2.32 bits per heavy atom. The van der Waals surface area contributed by atoms with Crippen LogP contribution in [0.1, 0.15) is 25.0 Å².